The first kappa shape index (κ1) is 36.0. The molecular formula is C31H52O9. The van der Waals surface area contributed by atoms with E-state index in [4.69, 9.17) is 28.4 Å². The van der Waals surface area contributed by atoms with Crippen LogP contribution in [0.3, 0.4) is 0 Å². The predicted octanol–water partition coefficient (Wildman–Crippen LogP) is 5.12. The molecule has 1 aliphatic heterocycles. The standard InChI is InChI=1S/C31H52O9/c1-23(19-37-28-14-10-12-16-36-28)17-26(40-24(2)33)18-25(20-38-29(34)30(3,4)5)27(39-22-35-8)13-9-11-15-31(6,7)21-32/h9,11,13,15,17,25-28,32H,10,12,14,16,18-22H2,1-8H3/b13-9+,15-11+,23-17+/t25-,26?,27-,28?/m1/s1. The Morgan fingerprint density at radius 2 is 1.82 bits per heavy atom. The molecule has 0 aromatic rings. The molecule has 1 saturated heterocycles. The lowest BCUT2D eigenvalue weighted by atomic mass is 9.93. The number of ether oxygens (including phenoxy) is 6. The van der Waals surface area contributed by atoms with Crippen LogP contribution in [0.4, 0.5) is 0 Å². The van der Waals surface area contributed by atoms with E-state index in [1.807, 2.05) is 51.2 Å². The zero-order valence-corrected chi connectivity index (χ0v) is 25.8. The van der Waals surface area contributed by atoms with Gasteiger partial charge < -0.3 is 33.5 Å². The Morgan fingerprint density at radius 3 is 2.40 bits per heavy atom. The number of allylic oxidation sites excluding steroid dienone is 2. The molecule has 0 amide bonds. The maximum Gasteiger partial charge on any atom is 0.311 e. The third kappa shape index (κ3) is 15.7. The van der Waals surface area contributed by atoms with Gasteiger partial charge >= 0.3 is 11.9 Å². The Kier molecular flexibility index (Phi) is 16.6. The van der Waals surface area contributed by atoms with Gasteiger partial charge in [0.1, 0.15) is 12.9 Å². The van der Waals surface area contributed by atoms with E-state index < -0.39 is 23.6 Å². The number of aliphatic hydroxyl groups excluding tert-OH is 1. The highest BCUT2D eigenvalue weighted by molar-refractivity contribution is 5.75. The zero-order chi connectivity index (χ0) is 30.2. The molecule has 0 bridgehead atoms. The minimum absolute atomic E-state index is 0.0126. The van der Waals surface area contributed by atoms with Crippen molar-refractivity contribution in [2.45, 2.75) is 92.6 Å². The maximum absolute atomic E-state index is 12.6. The van der Waals surface area contributed by atoms with Crippen molar-refractivity contribution >= 4 is 11.9 Å². The molecule has 0 saturated carbocycles. The van der Waals surface area contributed by atoms with Crippen LogP contribution < -0.4 is 0 Å². The molecule has 230 valence electrons. The molecule has 40 heavy (non-hydrogen) atoms. The summed E-state index contributed by atoms with van der Waals surface area (Å²) in [6.07, 6.45) is 11.2. The van der Waals surface area contributed by atoms with Crippen molar-refractivity contribution in [3.05, 3.63) is 36.0 Å². The summed E-state index contributed by atoms with van der Waals surface area (Å²) in [6.45, 7) is 13.6. The van der Waals surface area contributed by atoms with Gasteiger partial charge in [-0.1, -0.05) is 38.2 Å². The molecule has 9 heteroatoms. The lowest BCUT2D eigenvalue weighted by Crippen LogP contribution is -2.34. The normalized spacial score (nSPS) is 19.5. The fourth-order valence-electron chi connectivity index (χ4n) is 3.83. The predicted molar refractivity (Wildman–Crippen MR) is 153 cm³/mol. The van der Waals surface area contributed by atoms with Gasteiger partial charge in [-0.3, -0.25) is 9.59 Å². The molecule has 2 unspecified atom stereocenters. The third-order valence-corrected chi connectivity index (χ3v) is 6.21. The van der Waals surface area contributed by atoms with Gasteiger partial charge in [-0.15, -0.1) is 0 Å². The van der Waals surface area contributed by atoms with Crippen molar-refractivity contribution in [3.8, 4) is 0 Å². The van der Waals surface area contributed by atoms with E-state index in [1.54, 1.807) is 20.8 Å². The molecule has 0 aliphatic carbocycles. The van der Waals surface area contributed by atoms with Crippen molar-refractivity contribution < 1.29 is 43.1 Å². The molecule has 1 heterocycles. The minimum atomic E-state index is -0.674. The number of hydrogen-bond donors (Lipinski definition) is 1. The van der Waals surface area contributed by atoms with E-state index in [9.17, 15) is 14.7 Å². The van der Waals surface area contributed by atoms with Crippen LogP contribution in [0.5, 0.6) is 0 Å². The quantitative estimate of drug-likeness (QED) is 0.111. The second-order valence-corrected chi connectivity index (χ2v) is 12.0. The summed E-state index contributed by atoms with van der Waals surface area (Å²) in [7, 11) is 1.53. The van der Waals surface area contributed by atoms with E-state index in [1.165, 1.54) is 14.0 Å². The molecule has 1 rings (SSSR count). The summed E-state index contributed by atoms with van der Waals surface area (Å²) in [6, 6.07) is 0. The fourth-order valence-corrected chi connectivity index (χ4v) is 3.83. The molecule has 0 aromatic carbocycles. The van der Waals surface area contributed by atoms with Gasteiger partial charge in [-0.05, 0) is 65.0 Å². The number of rotatable bonds is 17. The van der Waals surface area contributed by atoms with Gasteiger partial charge in [0.15, 0.2) is 6.29 Å². The third-order valence-electron chi connectivity index (χ3n) is 6.21. The molecule has 1 N–H and O–H groups in total. The van der Waals surface area contributed by atoms with Crippen LogP contribution in [-0.4, -0.2) is 75.9 Å². The van der Waals surface area contributed by atoms with Crippen LogP contribution in [-0.2, 0) is 38.0 Å². The summed E-state index contributed by atoms with van der Waals surface area (Å²) < 4.78 is 34.1. The van der Waals surface area contributed by atoms with Crippen LogP contribution in [0.15, 0.2) is 36.0 Å². The van der Waals surface area contributed by atoms with Crippen LogP contribution >= 0.6 is 0 Å². The molecule has 1 aliphatic rings. The molecule has 9 nitrogen and oxygen atoms in total. The van der Waals surface area contributed by atoms with Crippen molar-refractivity contribution in [1.29, 1.82) is 0 Å². The van der Waals surface area contributed by atoms with Crippen molar-refractivity contribution in [1.82, 2.24) is 0 Å². The van der Waals surface area contributed by atoms with Gasteiger partial charge in [-0.25, -0.2) is 0 Å². The number of esters is 2. The fraction of sp³-hybridized carbons (Fsp3) is 0.742. The molecular weight excluding hydrogens is 516 g/mol. The van der Waals surface area contributed by atoms with E-state index in [0.29, 0.717) is 19.6 Å². The number of aliphatic hydroxyl groups is 1. The second kappa shape index (κ2) is 18.4. The lowest BCUT2D eigenvalue weighted by Gasteiger charge is -2.29. The monoisotopic (exact) mass is 568 g/mol. The highest BCUT2D eigenvalue weighted by Gasteiger charge is 2.29. The number of carbonyl (C=O) groups excluding carboxylic acids is 2. The Bertz CT molecular complexity index is 832. The minimum Gasteiger partial charge on any atom is -0.465 e. The van der Waals surface area contributed by atoms with Crippen molar-refractivity contribution in [2.75, 3.05) is 40.3 Å². The van der Waals surface area contributed by atoms with Crippen molar-refractivity contribution in [2.24, 2.45) is 16.7 Å². The van der Waals surface area contributed by atoms with Crippen LogP contribution in [0.1, 0.15) is 74.1 Å². The van der Waals surface area contributed by atoms with E-state index >= 15 is 0 Å². The first-order valence-corrected chi connectivity index (χ1v) is 14.1. The summed E-state index contributed by atoms with van der Waals surface area (Å²) >= 11 is 0. The lowest BCUT2D eigenvalue weighted by molar-refractivity contribution is -0.159. The highest BCUT2D eigenvalue weighted by Crippen LogP contribution is 2.24. The smallest absolute Gasteiger partial charge is 0.311 e. The molecule has 0 radical (unpaired) electrons. The SMILES string of the molecule is COCO[C@H](/C=C/C=C/C(C)(C)CO)[C@@H](COC(=O)C(C)(C)C)CC(/C=C(\C)COC1CCCCO1)OC(C)=O. The Balaban J connectivity index is 3.18. The molecule has 1 fully saturated rings. The van der Waals surface area contributed by atoms with Gasteiger partial charge in [0.25, 0.3) is 0 Å². The molecule has 0 aromatic heterocycles. The Hall–Kier alpha value is -2.04. The van der Waals surface area contributed by atoms with Gasteiger partial charge in [-0.2, -0.15) is 0 Å². The average molecular weight is 569 g/mol. The first-order chi connectivity index (χ1) is 18.8. The summed E-state index contributed by atoms with van der Waals surface area (Å²) in [5.74, 6) is -1.13. The second-order valence-electron chi connectivity index (χ2n) is 12.0. The largest absolute Gasteiger partial charge is 0.465 e. The molecule has 0 spiro atoms. The average Bonchev–Trinajstić information content (AvgIpc) is 2.89. The Morgan fingerprint density at radius 1 is 1.10 bits per heavy atom. The van der Waals surface area contributed by atoms with Crippen LogP contribution in [0.25, 0.3) is 0 Å². The van der Waals surface area contributed by atoms with E-state index in [2.05, 4.69) is 0 Å². The summed E-state index contributed by atoms with van der Waals surface area (Å²) in [5.41, 5.74) is -0.154. The summed E-state index contributed by atoms with van der Waals surface area (Å²) in [5, 5.41) is 9.52. The topological polar surface area (TPSA) is 110 Å². The van der Waals surface area contributed by atoms with E-state index in [-0.39, 0.29) is 43.6 Å². The van der Waals surface area contributed by atoms with Gasteiger partial charge in [0, 0.05) is 32.0 Å². The number of carbonyl (C=O) groups is 2. The van der Waals surface area contributed by atoms with Gasteiger partial charge in [0.05, 0.1) is 31.3 Å². The zero-order valence-electron chi connectivity index (χ0n) is 25.8. The van der Waals surface area contributed by atoms with Crippen LogP contribution in [0, 0.1) is 16.7 Å². The van der Waals surface area contributed by atoms with Gasteiger partial charge in [0.2, 0.25) is 0 Å². The van der Waals surface area contributed by atoms with E-state index in [0.717, 1.165) is 24.8 Å². The number of hydrogen-bond acceptors (Lipinski definition) is 9. The maximum atomic E-state index is 12.6. The highest BCUT2D eigenvalue weighted by atomic mass is 16.7. The number of methoxy groups -OCH3 is 1. The van der Waals surface area contributed by atoms with Crippen molar-refractivity contribution in [3.63, 3.8) is 0 Å². The first-order valence-electron chi connectivity index (χ1n) is 14.1. The van der Waals surface area contributed by atoms with Crippen LogP contribution in [0.2, 0.25) is 0 Å². The summed E-state index contributed by atoms with van der Waals surface area (Å²) in [4.78, 5) is 24.6. The molecule has 4 atom stereocenters. The Labute approximate surface area is 240 Å².